The Kier molecular flexibility index (Phi) is 3.72. The predicted octanol–water partition coefficient (Wildman–Crippen LogP) is 2.01. The summed E-state index contributed by atoms with van der Waals surface area (Å²) in [5.41, 5.74) is 1.98. The number of pyridine rings is 1. The number of aromatic nitrogens is 4. The lowest BCUT2D eigenvalue weighted by Gasteiger charge is -2.05. The molecule has 0 N–H and O–H groups in total. The molecule has 0 aliphatic heterocycles. The summed E-state index contributed by atoms with van der Waals surface area (Å²) in [6, 6.07) is 10.4. The lowest BCUT2D eigenvalue weighted by molar-refractivity contribution is 0.493. The number of aryl methyl sites for hydroxylation is 1. The molecule has 0 aliphatic rings. The Balaban J connectivity index is 1.73. The van der Waals surface area contributed by atoms with Crippen LogP contribution < -0.4 is 11.3 Å². The third kappa shape index (κ3) is 2.81. The van der Waals surface area contributed by atoms with Gasteiger partial charge in [0.05, 0.1) is 12.2 Å². The summed E-state index contributed by atoms with van der Waals surface area (Å²) in [6.45, 7) is 1.84. The van der Waals surface area contributed by atoms with Gasteiger partial charge in [-0.25, -0.2) is 14.2 Å². The van der Waals surface area contributed by atoms with Crippen LogP contribution >= 0.6 is 0 Å². The Morgan fingerprint density at radius 3 is 2.69 bits per heavy atom. The zero-order valence-corrected chi connectivity index (χ0v) is 13.7. The van der Waals surface area contributed by atoms with E-state index in [2.05, 4.69) is 10.1 Å². The normalized spacial score (nSPS) is 11.2. The molecule has 0 saturated carbocycles. The highest BCUT2D eigenvalue weighted by molar-refractivity contribution is 5.51. The Bertz CT molecular complexity index is 1220. The molecule has 4 aromatic rings. The average Bonchev–Trinajstić information content (AvgIpc) is 2.97. The molecule has 1 aromatic carbocycles. The van der Waals surface area contributed by atoms with Crippen molar-refractivity contribution in [3.63, 3.8) is 0 Å². The molecule has 0 aliphatic carbocycles. The summed E-state index contributed by atoms with van der Waals surface area (Å²) in [6.07, 6.45) is 1.64. The van der Waals surface area contributed by atoms with Gasteiger partial charge in [0.15, 0.2) is 0 Å². The molecular weight excluding hydrogens is 339 g/mol. The molecule has 0 fully saturated rings. The SMILES string of the molecule is Cc1cccn2c(=O)cc(Cn3nc(-c4ccc(F)cc4)oc3=O)nc12. The fourth-order valence-corrected chi connectivity index (χ4v) is 2.66. The van der Waals surface area contributed by atoms with Gasteiger partial charge in [-0.3, -0.25) is 9.20 Å². The quantitative estimate of drug-likeness (QED) is 0.563. The molecule has 0 amide bonds. The highest BCUT2D eigenvalue weighted by atomic mass is 19.1. The number of hydrogen-bond donors (Lipinski definition) is 0. The standard InChI is InChI=1S/C18H13FN4O3/c1-11-3-2-8-22-15(24)9-14(20-16(11)22)10-23-18(25)26-17(21-23)12-4-6-13(19)7-5-12/h2-9H,10H2,1H3. The van der Waals surface area contributed by atoms with Crippen molar-refractivity contribution in [3.05, 3.63) is 86.6 Å². The van der Waals surface area contributed by atoms with Gasteiger partial charge in [0.25, 0.3) is 5.56 Å². The van der Waals surface area contributed by atoms with Gasteiger partial charge < -0.3 is 4.42 Å². The Morgan fingerprint density at radius 2 is 1.92 bits per heavy atom. The maximum atomic E-state index is 13.0. The second-order valence-electron chi connectivity index (χ2n) is 5.81. The van der Waals surface area contributed by atoms with Crippen LogP contribution in [0.1, 0.15) is 11.3 Å². The van der Waals surface area contributed by atoms with Crippen LogP contribution in [0, 0.1) is 12.7 Å². The van der Waals surface area contributed by atoms with Crippen molar-refractivity contribution in [2.75, 3.05) is 0 Å². The number of rotatable bonds is 3. The van der Waals surface area contributed by atoms with E-state index in [9.17, 15) is 14.0 Å². The van der Waals surface area contributed by atoms with E-state index in [-0.39, 0.29) is 18.0 Å². The van der Waals surface area contributed by atoms with Gasteiger partial charge in [0, 0.05) is 17.8 Å². The van der Waals surface area contributed by atoms with Crippen LogP contribution in [0.3, 0.4) is 0 Å². The lowest BCUT2D eigenvalue weighted by atomic mass is 10.2. The molecule has 26 heavy (non-hydrogen) atoms. The highest BCUT2D eigenvalue weighted by Gasteiger charge is 2.12. The summed E-state index contributed by atoms with van der Waals surface area (Å²) >= 11 is 0. The summed E-state index contributed by atoms with van der Waals surface area (Å²) in [5.74, 6) is -1.01. The van der Waals surface area contributed by atoms with Gasteiger partial charge in [-0.15, -0.1) is 5.10 Å². The first kappa shape index (κ1) is 15.9. The van der Waals surface area contributed by atoms with Gasteiger partial charge in [0.2, 0.25) is 5.89 Å². The van der Waals surface area contributed by atoms with Crippen LogP contribution in [-0.2, 0) is 6.54 Å². The van der Waals surface area contributed by atoms with Gasteiger partial charge >= 0.3 is 5.76 Å². The van der Waals surface area contributed by atoms with Crippen molar-refractivity contribution in [2.24, 2.45) is 0 Å². The van der Waals surface area contributed by atoms with E-state index in [1.807, 2.05) is 13.0 Å². The van der Waals surface area contributed by atoms with Crippen molar-refractivity contribution >= 4 is 5.65 Å². The molecule has 3 heterocycles. The topological polar surface area (TPSA) is 82.4 Å². The Labute approximate surface area is 146 Å². The molecule has 7 nitrogen and oxygen atoms in total. The molecule has 130 valence electrons. The van der Waals surface area contributed by atoms with Crippen molar-refractivity contribution in [2.45, 2.75) is 13.5 Å². The van der Waals surface area contributed by atoms with Crippen LogP contribution in [0.5, 0.6) is 0 Å². The number of benzene rings is 1. The highest BCUT2D eigenvalue weighted by Crippen LogP contribution is 2.16. The van der Waals surface area contributed by atoms with E-state index in [1.54, 1.807) is 12.3 Å². The summed E-state index contributed by atoms with van der Waals surface area (Å²) in [5, 5.41) is 4.10. The fourth-order valence-electron chi connectivity index (χ4n) is 2.66. The maximum absolute atomic E-state index is 13.0. The van der Waals surface area contributed by atoms with Crippen LogP contribution in [0.2, 0.25) is 0 Å². The molecule has 0 radical (unpaired) electrons. The van der Waals surface area contributed by atoms with E-state index >= 15 is 0 Å². The van der Waals surface area contributed by atoms with Crippen LogP contribution in [-0.4, -0.2) is 19.2 Å². The third-order valence-corrected chi connectivity index (χ3v) is 3.95. The van der Waals surface area contributed by atoms with Gasteiger partial charge in [-0.2, -0.15) is 4.68 Å². The molecule has 3 aromatic heterocycles. The van der Waals surface area contributed by atoms with E-state index in [1.165, 1.54) is 34.7 Å². The number of nitrogens with zero attached hydrogens (tertiary/aromatic N) is 4. The van der Waals surface area contributed by atoms with E-state index in [0.29, 0.717) is 16.9 Å². The maximum Gasteiger partial charge on any atom is 0.437 e. The second kappa shape index (κ2) is 6.07. The molecule has 8 heteroatoms. The minimum absolute atomic E-state index is 0.0103. The zero-order chi connectivity index (χ0) is 18.3. The van der Waals surface area contributed by atoms with Gasteiger partial charge in [0.1, 0.15) is 11.5 Å². The molecular formula is C18H13FN4O3. The van der Waals surface area contributed by atoms with Crippen molar-refractivity contribution in [1.82, 2.24) is 19.2 Å². The third-order valence-electron chi connectivity index (χ3n) is 3.95. The Hall–Kier alpha value is -3.55. The predicted molar refractivity (Wildman–Crippen MR) is 91.5 cm³/mol. The largest absolute Gasteiger partial charge is 0.437 e. The Morgan fingerprint density at radius 1 is 1.15 bits per heavy atom. The average molecular weight is 352 g/mol. The van der Waals surface area contributed by atoms with Crippen molar-refractivity contribution < 1.29 is 8.81 Å². The minimum atomic E-state index is -0.684. The summed E-state index contributed by atoms with van der Waals surface area (Å²) in [4.78, 5) is 28.7. The molecule has 0 bridgehead atoms. The van der Waals surface area contributed by atoms with E-state index in [0.717, 1.165) is 10.2 Å². The van der Waals surface area contributed by atoms with Gasteiger partial charge in [-0.1, -0.05) is 6.07 Å². The van der Waals surface area contributed by atoms with E-state index in [4.69, 9.17) is 4.42 Å². The second-order valence-corrected chi connectivity index (χ2v) is 5.81. The summed E-state index contributed by atoms with van der Waals surface area (Å²) in [7, 11) is 0. The summed E-state index contributed by atoms with van der Waals surface area (Å²) < 4.78 is 20.6. The number of halogens is 1. The monoisotopic (exact) mass is 352 g/mol. The zero-order valence-electron chi connectivity index (χ0n) is 13.7. The van der Waals surface area contributed by atoms with E-state index < -0.39 is 11.6 Å². The van der Waals surface area contributed by atoms with Gasteiger partial charge in [-0.05, 0) is 42.8 Å². The lowest BCUT2D eigenvalue weighted by Crippen LogP contribution is -2.21. The van der Waals surface area contributed by atoms with Crippen molar-refractivity contribution in [3.8, 4) is 11.5 Å². The van der Waals surface area contributed by atoms with Crippen molar-refractivity contribution in [1.29, 1.82) is 0 Å². The first-order valence-electron chi connectivity index (χ1n) is 7.83. The minimum Gasteiger partial charge on any atom is -0.388 e. The molecule has 0 unspecified atom stereocenters. The first-order valence-corrected chi connectivity index (χ1v) is 7.83. The van der Waals surface area contributed by atoms with Crippen LogP contribution in [0.15, 0.2) is 62.7 Å². The molecule has 0 atom stereocenters. The molecule has 4 rings (SSSR count). The smallest absolute Gasteiger partial charge is 0.388 e. The van der Waals surface area contributed by atoms with Crippen LogP contribution in [0.25, 0.3) is 17.1 Å². The first-order chi connectivity index (χ1) is 12.5. The van der Waals surface area contributed by atoms with Crippen LogP contribution in [0.4, 0.5) is 4.39 Å². The number of fused-ring (bicyclic) bond motifs is 1. The fraction of sp³-hybridized carbons (Fsp3) is 0.111. The number of hydrogen-bond acceptors (Lipinski definition) is 5. The molecule has 0 spiro atoms. The molecule has 0 saturated heterocycles.